The minimum absolute atomic E-state index is 0.108. The molecule has 4 rings (SSSR count). The minimum Gasteiger partial charge on any atom is -0.405 e. The number of hydrogen-bond acceptors (Lipinski definition) is 8. The van der Waals surface area contributed by atoms with Gasteiger partial charge in [0.2, 0.25) is 5.95 Å². The molecule has 9 nitrogen and oxygen atoms in total. The van der Waals surface area contributed by atoms with Gasteiger partial charge in [-0.1, -0.05) is 23.4 Å². The number of nitrogens with two attached hydrogens (primary N) is 1. The highest BCUT2D eigenvalue weighted by molar-refractivity contribution is 5.71. The molecule has 0 radical (unpaired) electrons. The van der Waals surface area contributed by atoms with Crippen molar-refractivity contribution in [1.29, 1.82) is 0 Å². The van der Waals surface area contributed by atoms with Gasteiger partial charge in [0, 0.05) is 12.7 Å². The highest BCUT2D eigenvalue weighted by atomic mass is 19.4. The first-order valence-electron chi connectivity index (χ1n) is 9.64. The summed E-state index contributed by atoms with van der Waals surface area (Å²) in [5.74, 6) is -0.535. The summed E-state index contributed by atoms with van der Waals surface area (Å²) in [4.78, 5) is 12.7. The maximum atomic E-state index is 12.8. The molecule has 0 aliphatic carbocycles. The fourth-order valence-corrected chi connectivity index (χ4v) is 3.13. The van der Waals surface area contributed by atoms with Gasteiger partial charge in [-0.15, -0.1) is 18.3 Å². The summed E-state index contributed by atoms with van der Waals surface area (Å²) in [6.45, 7) is 0.735. The van der Waals surface area contributed by atoms with Crippen LogP contribution in [-0.4, -0.2) is 43.4 Å². The molecule has 4 aromatic rings. The van der Waals surface area contributed by atoms with Gasteiger partial charge >= 0.3 is 6.36 Å². The number of rotatable bonds is 7. The molecule has 3 heterocycles. The van der Waals surface area contributed by atoms with E-state index in [9.17, 15) is 13.2 Å². The number of hydrogen-bond donors (Lipinski definition) is 1. The fraction of sp³-hybridized carbons (Fsp3) is 0.190. The average molecular weight is 457 g/mol. The maximum absolute atomic E-state index is 12.8. The Labute approximate surface area is 186 Å². The molecular formula is C21H18F3N7O2. The summed E-state index contributed by atoms with van der Waals surface area (Å²) in [7, 11) is 1.59. The van der Waals surface area contributed by atoms with Crippen LogP contribution in [0.3, 0.4) is 0 Å². The molecule has 0 saturated heterocycles. The summed E-state index contributed by atoms with van der Waals surface area (Å²) in [6, 6.07) is 12.7. The zero-order chi connectivity index (χ0) is 23.4. The molecule has 12 heteroatoms. The van der Waals surface area contributed by atoms with E-state index >= 15 is 0 Å². The number of methoxy groups -OCH3 is 1. The van der Waals surface area contributed by atoms with Crippen molar-refractivity contribution in [1.82, 2.24) is 29.9 Å². The van der Waals surface area contributed by atoms with E-state index in [4.69, 9.17) is 10.5 Å². The van der Waals surface area contributed by atoms with Gasteiger partial charge in [-0.25, -0.2) is 14.6 Å². The van der Waals surface area contributed by atoms with Crippen molar-refractivity contribution in [2.45, 2.75) is 19.5 Å². The van der Waals surface area contributed by atoms with Crippen molar-refractivity contribution in [2.75, 3.05) is 12.8 Å². The van der Waals surface area contributed by atoms with Crippen molar-refractivity contribution in [3.05, 3.63) is 66.1 Å². The van der Waals surface area contributed by atoms with Crippen LogP contribution in [-0.2, 0) is 17.9 Å². The highest BCUT2D eigenvalue weighted by Crippen LogP contribution is 2.34. The fourth-order valence-electron chi connectivity index (χ4n) is 3.13. The number of para-hydroxylation sites is 1. The molecule has 0 saturated carbocycles. The SMILES string of the molecule is COCc1cccc(Cn2cc(-c3cc(-c4ccccc4OC(F)(F)F)nc(N)n3)nn2)n1. The number of ether oxygens (including phenoxy) is 2. The van der Waals surface area contributed by atoms with Gasteiger partial charge in [0.05, 0.1) is 42.1 Å². The molecule has 0 aliphatic rings. The molecule has 0 aliphatic heterocycles. The smallest absolute Gasteiger partial charge is 0.405 e. The van der Waals surface area contributed by atoms with Crippen LogP contribution in [0, 0.1) is 0 Å². The predicted molar refractivity (Wildman–Crippen MR) is 112 cm³/mol. The average Bonchev–Trinajstić information content (AvgIpc) is 3.22. The molecule has 3 aromatic heterocycles. The number of alkyl halides is 3. The Hall–Kier alpha value is -4.06. The Morgan fingerprint density at radius 2 is 1.70 bits per heavy atom. The predicted octanol–water partition coefficient (Wildman–Crippen LogP) is 3.47. The van der Waals surface area contributed by atoms with Crippen LogP contribution in [0.25, 0.3) is 22.6 Å². The molecule has 0 unspecified atom stereocenters. The van der Waals surface area contributed by atoms with E-state index in [0.29, 0.717) is 24.5 Å². The largest absolute Gasteiger partial charge is 0.573 e. The summed E-state index contributed by atoms with van der Waals surface area (Å²) >= 11 is 0. The third kappa shape index (κ3) is 5.60. The molecule has 0 bridgehead atoms. The van der Waals surface area contributed by atoms with E-state index in [1.165, 1.54) is 24.3 Å². The standard InChI is InChI=1S/C21H18F3N7O2/c1-32-12-14-6-4-5-13(26-14)10-31-11-18(29-30-31)17-9-16(27-20(25)28-17)15-7-2-3-8-19(15)33-21(22,23)24/h2-9,11H,10,12H2,1H3,(H2,25,27,28). The zero-order valence-electron chi connectivity index (χ0n) is 17.3. The van der Waals surface area contributed by atoms with Gasteiger partial charge in [0.15, 0.2) is 0 Å². The van der Waals surface area contributed by atoms with Crippen molar-refractivity contribution < 1.29 is 22.6 Å². The van der Waals surface area contributed by atoms with Gasteiger partial charge in [-0.05, 0) is 30.3 Å². The van der Waals surface area contributed by atoms with Crippen LogP contribution in [0.5, 0.6) is 5.75 Å². The highest BCUT2D eigenvalue weighted by Gasteiger charge is 2.32. The number of nitrogen functional groups attached to an aromatic ring is 1. The van der Waals surface area contributed by atoms with Gasteiger partial charge in [-0.3, -0.25) is 4.98 Å². The summed E-state index contributed by atoms with van der Waals surface area (Å²) in [5, 5.41) is 8.18. The van der Waals surface area contributed by atoms with Crippen LogP contribution >= 0.6 is 0 Å². The Bertz CT molecular complexity index is 1260. The normalized spacial score (nSPS) is 11.5. The maximum Gasteiger partial charge on any atom is 0.573 e. The van der Waals surface area contributed by atoms with E-state index in [1.807, 2.05) is 18.2 Å². The summed E-state index contributed by atoms with van der Waals surface area (Å²) < 4.78 is 49.2. The Kier molecular flexibility index (Phi) is 6.18. The second-order valence-electron chi connectivity index (χ2n) is 6.90. The Balaban J connectivity index is 1.62. The number of aromatic nitrogens is 6. The second kappa shape index (κ2) is 9.20. The van der Waals surface area contributed by atoms with E-state index in [2.05, 4.69) is 30.0 Å². The summed E-state index contributed by atoms with van der Waals surface area (Å²) in [6.07, 6.45) is -3.22. The monoisotopic (exact) mass is 457 g/mol. The number of benzene rings is 1. The van der Waals surface area contributed by atoms with E-state index in [-0.39, 0.29) is 17.2 Å². The second-order valence-corrected chi connectivity index (χ2v) is 6.90. The lowest BCUT2D eigenvalue weighted by Crippen LogP contribution is -2.17. The minimum atomic E-state index is -4.85. The molecule has 2 N–H and O–H groups in total. The molecule has 0 amide bonds. The van der Waals surface area contributed by atoms with E-state index < -0.39 is 12.1 Å². The molecular weight excluding hydrogens is 439 g/mol. The molecule has 33 heavy (non-hydrogen) atoms. The molecule has 0 atom stereocenters. The lowest BCUT2D eigenvalue weighted by atomic mass is 10.1. The quantitative estimate of drug-likeness (QED) is 0.449. The van der Waals surface area contributed by atoms with Crippen LogP contribution in [0.4, 0.5) is 19.1 Å². The van der Waals surface area contributed by atoms with Crippen LogP contribution in [0.1, 0.15) is 11.4 Å². The van der Waals surface area contributed by atoms with Crippen LogP contribution in [0.2, 0.25) is 0 Å². The molecule has 1 aromatic carbocycles. The number of halogens is 3. The van der Waals surface area contributed by atoms with Gasteiger partial charge in [-0.2, -0.15) is 0 Å². The van der Waals surface area contributed by atoms with E-state index in [1.54, 1.807) is 24.1 Å². The lowest BCUT2D eigenvalue weighted by Gasteiger charge is -2.13. The first kappa shape index (κ1) is 22.1. The van der Waals surface area contributed by atoms with Crippen molar-refractivity contribution in [2.24, 2.45) is 0 Å². The lowest BCUT2D eigenvalue weighted by molar-refractivity contribution is -0.274. The summed E-state index contributed by atoms with van der Waals surface area (Å²) in [5.41, 5.74) is 8.29. The molecule has 0 fully saturated rings. The number of nitrogens with zero attached hydrogens (tertiary/aromatic N) is 6. The number of pyridine rings is 1. The van der Waals surface area contributed by atoms with Crippen LogP contribution < -0.4 is 10.5 Å². The Morgan fingerprint density at radius 1 is 0.939 bits per heavy atom. The topological polar surface area (TPSA) is 114 Å². The Morgan fingerprint density at radius 3 is 2.48 bits per heavy atom. The first-order chi connectivity index (χ1) is 15.8. The third-order valence-electron chi connectivity index (χ3n) is 4.41. The third-order valence-corrected chi connectivity index (χ3v) is 4.41. The van der Waals surface area contributed by atoms with Gasteiger partial charge in [0.1, 0.15) is 11.4 Å². The van der Waals surface area contributed by atoms with E-state index in [0.717, 1.165) is 11.4 Å². The van der Waals surface area contributed by atoms with Gasteiger partial charge in [0.25, 0.3) is 0 Å². The van der Waals surface area contributed by atoms with Crippen molar-refractivity contribution in [3.63, 3.8) is 0 Å². The zero-order valence-corrected chi connectivity index (χ0v) is 17.3. The molecule has 0 spiro atoms. The first-order valence-corrected chi connectivity index (χ1v) is 9.64. The van der Waals surface area contributed by atoms with Crippen LogP contribution in [0.15, 0.2) is 54.7 Å². The van der Waals surface area contributed by atoms with Crippen molar-refractivity contribution in [3.8, 4) is 28.4 Å². The van der Waals surface area contributed by atoms with Crippen molar-refractivity contribution >= 4 is 5.95 Å². The number of anilines is 1. The van der Waals surface area contributed by atoms with Gasteiger partial charge < -0.3 is 15.2 Å². The molecule has 170 valence electrons.